The van der Waals surface area contributed by atoms with Crippen molar-refractivity contribution in [3.8, 4) is 11.1 Å². The molecule has 6 heteroatoms. The van der Waals surface area contributed by atoms with Crippen LogP contribution in [0.5, 0.6) is 0 Å². The Morgan fingerprint density at radius 3 is 2.53 bits per heavy atom. The summed E-state index contributed by atoms with van der Waals surface area (Å²) in [5.74, 6) is -0.143. The van der Waals surface area contributed by atoms with Crippen molar-refractivity contribution >= 4 is 39.4 Å². The van der Waals surface area contributed by atoms with Crippen LogP contribution in [-0.2, 0) is 11.2 Å². The van der Waals surface area contributed by atoms with Gasteiger partial charge in [-0.25, -0.2) is 4.79 Å². The second-order valence-corrected chi connectivity index (χ2v) is 8.36. The van der Waals surface area contributed by atoms with E-state index >= 15 is 0 Å². The highest BCUT2D eigenvalue weighted by Crippen LogP contribution is 2.37. The van der Waals surface area contributed by atoms with Gasteiger partial charge < -0.3 is 14.2 Å². The Morgan fingerprint density at radius 2 is 1.83 bits per heavy atom. The molecule has 4 aromatic rings. The molecule has 1 fully saturated rings. The fourth-order valence-electron chi connectivity index (χ4n) is 3.92. The molecule has 30 heavy (non-hydrogen) atoms. The molecule has 152 valence electrons. The Labute approximate surface area is 177 Å². The van der Waals surface area contributed by atoms with Crippen molar-refractivity contribution in [1.82, 2.24) is 5.32 Å². The van der Waals surface area contributed by atoms with Crippen molar-refractivity contribution in [2.75, 3.05) is 0 Å². The number of carbonyl (C=O) groups excluding carboxylic acids is 1. The maximum absolute atomic E-state index is 12.6. The van der Waals surface area contributed by atoms with Crippen LogP contribution in [0.4, 0.5) is 0 Å². The number of carbonyl (C=O) groups is 1. The Kier molecular flexibility index (Phi) is 4.44. The summed E-state index contributed by atoms with van der Waals surface area (Å²) in [6, 6.07) is 9.79. The van der Waals surface area contributed by atoms with Crippen LogP contribution in [0.3, 0.4) is 0 Å². The van der Waals surface area contributed by atoms with Crippen molar-refractivity contribution in [2.45, 2.75) is 39.2 Å². The van der Waals surface area contributed by atoms with E-state index < -0.39 is 5.63 Å². The standard InChI is InChI=1S/C24H20ClNO4/c1-12-17-9-19-20(14-3-5-15(25)6-4-14)11-29-22(19)13(2)23(17)30-24(28)18(12)10-21(27)26-16-7-8-16/h3-6,9,11,16H,7-8,10H2,1-2H3,(H,26,27). The topological polar surface area (TPSA) is 72.5 Å². The van der Waals surface area contributed by atoms with Crippen LogP contribution in [-0.4, -0.2) is 11.9 Å². The minimum Gasteiger partial charge on any atom is -0.463 e. The molecule has 1 aliphatic rings. The summed E-state index contributed by atoms with van der Waals surface area (Å²) in [6.45, 7) is 3.74. The molecule has 5 rings (SSSR count). The van der Waals surface area contributed by atoms with Crippen LogP contribution in [0.25, 0.3) is 33.1 Å². The zero-order valence-electron chi connectivity index (χ0n) is 16.7. The van der Waals surface area contributed by atoms with Crippen molar-refractivity contribution in [3.63, 3.8) is 0 Å². The number of nitrogens with one attached hydrogen (secondary N) is 1. The first-order valence-corrected chi connectivity index (χ1v) is 10.3. The van der Waals surface area contributed by atoms with Gasteiger partial charge in [0, 0.05) is 33.0 Å². The third kappa shape index (κ3) is 3.19. The number of aryl methyl sites for hydroxylation is 2. The zero-order chi connectivity index (χ0) is 21.0. The molecule has 0 unspecified atom stereocenters. The van der Waals surface area contributed by atoms with Crippen molar-refractivity contribution in [2.24, 2.45) is 0 Å². The highest BCUT2D eigenvalue weighted by molar-refractivity contribution is 6.30. The van der Waals surface area contributed by atoms with E-state index in [2.05, 4.69) is 5.32 Å². The molecule has 0 bridgehead atoms. The quantitative estimate of drug-likeness (QED) is 0.454. The predicted molar refractivity (Wildman–Crippen MR) is 117 cm³/mol. The van der Waals surface area contributed by atoms with Crippen LogP contribution in [0, 0.1) is 13.8 Å². The zero-order valence-corrected chi connectivity index (χ0v) is 17.4. The largest absolute Gasteiger partial charge is 0.463 e. The fraction of sp³-hybridized carbons (Fsp3) is 0.250. The van der Waals surface area contributed by atoms with E-state index in [1.165, 1.54) is 0 Å². The SMILES string of the molecule is Cc1c(CC(=O)NC2CC2)c(=O)oc2c(C)c3occ(-c4ccc(Cl)cc4)c3cc12. The van der Waals surface area contributed by atoms with Crippen LogP contribution in [0.15, 0.2) is 50.2 Å². The van der Waals surface area contributed by atoms with Gasteiger partial charge in [-0.15, -0.1) is 0 Å². The van der Waals surface area contributed by atoms with Crippen LogP contribution >= 0.6 is 11.6 Å². The molecule has 0 saturated heterocycles. The number of amides is 1. The van der Waals surface area contributed by atoms with E-state index in [1.807, 2.05) is 44.2 Å². The lowest BCUT2D eigenvalue weighted by Gasteiger charge is -2.10. The number of furan rings is 1. The molecule has 2 heterocycles. The smallest absolute Gasteiger partial charge is 0.340 e. The average Bonchev–Trinajstić information content (AvgIpc) is 3.42. The highest BCUT2D eigenvalue weighted by atomic mass is 35.5. The van der Waals surface area contributed by atoms with Crippen LogP contribution in [0.2, 0.25) is 5.02 Å². The summed E-state index contributed by atoms with van der Waals surface area (Å²) in [6.07, 6.45) is 3.73. The Morgan fingerprint density at radius 1 is 1.10 bits per heavy atom. The van der Waals surface area contributed by atoms with E-state index in [-0.39, 0.29) is 18.4 Å². The van der Waals surface area contributed by atoms with E-state index in [9.17, 15) is 9.59 Å². The van der Waals surface area contributed by atoms with Gasteiger partial charge in [-0.3, -0.25) is 4.79 Å². The normalized spacial score (nSPS) is 13.8. The number of rotatable bonds is 4. The summed E-state index contributed by atoms with van der Waals surface area (Å²) in [5, 5.41) is 5.33. The molecule has 0 aliphatic heterocycles. The lowest BCUT2D eigenvalue weighted by molar-refractivity contribution is -0.120. The second kappa shape index (κ2) is 7.03. The molecule has 5 nitrogen and oxygen atoms in total. The monoisotopic (exact) mass is 421 g/mol. The highest BCUT2D eigenvalue weighted by Gasteiger charge is 2.25. The first kappa shape index (κ1) is 18.9. The molecule has 2 aromatic carbocycles. The third-order valence-corrected chi connectivity index (χ3v) is 6.03. The third-order valence-electron chi connectivity index (χ3n) is 5.78. The van der Waals surface area contributed by atoms with E-state index in [4.69, 9.17) is 20.4 Å². The first-order valence-electron chi connectivity index (χ1n) is 9.94. The van der Waals surface area contributed by atoms with Gasteiger partial charge in [0.15, 0.2) is 0 Å². The van der Waals surface area contributed by atoms with Gasteiger partial charge in [-0.1, -0.05) is 23.7 Å². The number of halogens is 1. The minimum absolute atomic E-state index is 0.0210. The number of hydrogen-bond acceptors (Lipinski definition) is 4. The maximum Gasteiger partial charge on any atom is 0.340 e. The van der Waals surface area contributed by atoms with Gasteiger partial charge >= 0.3 is 5.63 Å². The summed E-state index contributed by atoms with van der Waals surface area (Å²) in [5.41, 5.74) is 4.54. The Hall–Kier alpha value is -3.05. The minimum atomic E-state index is -0.474. The predicted octanol–water partition coefficient (Wildman–Crippen LogP) is 5.30. The number of hydrogen-bond donors (Lipinski definition) is 1. The second-order valence-electron chi connectivity index (χ2n) is 7.92. The van der Waals surface area contributed by atoms with Gasteiger partial charge in [-0.2, -0.15) is 0 Å². The van der Waals surface area contributed by atoms with Gasteiger partial charge in [-0.05, 0) is 56.0 Å². The van der Waals surface area contributed by atoms with Crippen molar-refractivity contribution < 1.29 is 13.6 Å². The summed E-state index contributed by atoms with van der Waals surface area (Å²) in [4.78, 5) is 24.9. The van der Waals surface area contributed by atoms with Crippen molar-refractivity contribution in [3.05, 3.63) is 68.7 Å². The van der Waals surface area contributed by atoms with Gasteiger partial charge in [0.05, 0.1) is 18.2 Å². The molecule has 1 N–H and O–H groups in total. The maximum atomic E-state index is 12.6. The summed E-state index contributed by atoms with van der Waals surface area (Å²) >= 11 is 6.03. The van der Waals surface area contributed by atoms with E-state index in [1.54, 1.807) is 6.26 Å². The van der Waals surface area contributed by atoms with Gasteiger partial charge in [0.2, 0.25) is 5.91 Å². The molecule has 0 radical (unpaired) electrons. The van der Waals surface area contributed by atoms with Gasteiger partial charge in [0.1, 0.15) is 11.2 Å². The van der Waals surface area contributed by atoms with E-state index in [0.29, 0.717) is 21.8 Å². The lowest BCUT2D eigenvalue weighted by Crippen LogP contribution is -2.29. The Bertz CT molecular complexity index is 1360. The number of fused-ring (bicyclic) bond motifs is 2. The summed E-state index contributed by atoms with van der Waals surface area (Å²) in [7, 11) is 0. The fourth-order valence-corrected chi connectivity index (χ4v) is 4.05. The molecule has 1 saturated carbocycles. The molecule has 0 atom stereocenters. The molecule has 2 aromatic heterocycles. The number of benzene rings is 2. The molecule has 1 aliphatic carbocycles. The van der Waals surface area contributed by atoms with Crippen LogP contribution in [0.1, 0.15) is 29.5 Å². The Balaban J connectivity index is 1.68. The van der Waals surface area contributed by atoms with Crippen LogP contribution < -0.4 is 10.9 Å². The summed E-state index contributed by atoms with van der Waals surface area (Å²) < 4.78 is 11.5. The average molecular weight is 422 g/mol. The van der Waals surface area contributed by atoms with Crippen molar-refractivity contribution in [1.29, 1.82) is 0 Å². The first-order chi connectivity index (χ1) is 14.4. The molecule has 0 spiro atoms. The molecule has 1 amide bonds. The molecular weight excluding hydrogens is 402 g/mol. The molecular formula is C24H20ClNO4. The van der Waals surface area contributed by atoms with Gasteiger partial charge in [0.25, 0.3) is 0 Å². The van der Waals surface area contributed by atoms with E-state index in [0.717, 1.165) is 45.9 Å². The lowest BCUT2D eigenvalue weighted by atomic mass is 9.97.